The van der Waals surface area contributed by atoms with Crippen molar-refractivity contribution in [3.05, 3.63) is 74.1 Å². The predicted octanol–water partition coefficient (Wildman–Crippen LogP) is 4.71. The van der Waals surface area contributed by atoms with Crippen LogP contribution in [0.25, 0.3) is 10.4 Å². The van der Waals surface area contributed by atoms with E-state index in [1.165, 1.54) is 6.07 Å². The molecule has 0 unspecified atom stereocenters. The van der Waals surface area contributed by atoms with E-state index in [9.17, 15) is 24.8 Å². The minimum absolute atomic E-state index is 0.0352. The van der Waals surface area contributed by atoms with Crippen LogP contribution in [0.3, 0.4) is 0 Å². The second-order valence-electron chi connectivity index (χ2n) is 7.01. The van der Waals surface area contributed by atoms with Gasteiger partial charge in [-0.25, -0.2) is 9.59 Å². The molecule has 3 rings (SSSR count). The number of aliphatic carboxylic acids is 1. The van der Waals surface area contributed by atoms with Gasteiger partial charge >= 0.3 is 11.9 Å². The quantitative estimate of drug-likeness (QED) is 0.311. The molecule has 0 aliphatic rings. The van der Waals surface area contributed by atoms with Crippen molar-refractivity contribution in [1.82, 2.24) is 0 Å². The molecule has 166 valence electrons. The van der Waals surface area contributed by atoms with Crippen LogP contribution in [0.2, 0.25) is 0 Å². The average Bonchev–Trinajstić information content (AvgIpc) is 3.08. The average molecular weight is 456 g/mol. The van der Waals surface area contributed by atoms with Gasteiger partial charge in [0.25, 0.3) is 5.69 Å². The highest BCUT2D eigenvalue weighted by Crippen LogP contribution is 2.41. The Morgan fingerprint density at radius 2 is 1.91 bits per heavy atom. The maximum atomic E-state index is 11.6. The van der Waals surface area contributed by atoms with Gasteiger partial charge in [-0.15, -0.1) is 11.3 Å². The summed E-state index contributed by atoms with van der Waals surface area (Å²) in [5.74, 6) is -2.34. The standard InChI is InChI=1S/C22H20N2O7S/c1-12-6-7-16(9-17(12)24(29)30)23-10-14-4-3-5-15(8-14)20-13(2)19(31-11-18(25)26)21(32-20)22(27)28/h3-9,23H,10-11H2,1-2H3,(H,25,26)(H,27,28). The molecule has 0 amide bonds. The topological polar surface area (TPSA) is 139 Å². The number of hydrogen-bond acceptors (Lipinski definition) is 7. The number of ether oxygens (including phenoxy) is 1. The molecule has 32 heavy (non-hydrogen) atoms. The van der Waals surface area contributed by atoms with Gasteiger partial charge in [0.2, 0.25) is 0 Å². The van der Waals surface area contributed by atoms with Gasteiger partial charge in [0.1, 0.15) is 5.75 Å². The Hall–Kier alpha value is -3.92. The molecule has 0 saturated heterocycles. The third kappa shape index (κ3) is 5.03. The maximum Gasteiger partial charge on any atom is 0.349 e. The van der Waals surface area contributed by atoms with E-state index in [-0.39, 0.29) is 16.3 Å². The van der Waals surface area contributed by atoms with Crippen molar-refractivity contribution in [2.24, 2.45) is 0 Å². The summed E-state index contributed by atoms with van der Waals surface area (Å²) in [6.07, 6.45) is 0. The Morgan fingerprint density at radius 1 is 1.16 bits per heavy atom. The number of rotatable bonds is 9. The van der Waals surface area contributed by atoms with E-state index in [0.717, 1.165) is 22.5 Å². The van der Waals surface area contributed by atoms with E-state index < -0.39 is 23.5 Å². The summed E-state index contributed by atoms with van der Waals surface area (Å²) < 4.78 is 5.23. The van der Waals surface area contributed by atoms with Crippen molar-refractivity contribution in [2.45, 2.75) is 20.4 Å². The Labute approximate surface area is 187 Å². The predicted molar refractivity (Wildman–Crippen MR) is 120 cm³/mol. The zero-order valence-electron chi connectivity index (χ0n) is 17.2. The van der Waals surface area contributed by atoms with Crippen LogP contribution in [0.4, 0.5) is 11.4 Å². The molecule has 0 spiro atoms. The number of anilines is 1. The number of nitro benzene ring substituents is 1. The van der Waals surface area contributed by atoms with E-state index in [0.29, 0.717) is 28.2 Å². The smallest absolute Gasteiger partial charge is 0.349 e. The Bertz CT molecular complexity index is 1200. The first kappa shape index (κ1) is 22.8. The van der Waals surface area contributed by atoms with Gasteiger partial charge in [0.05, 0.1) is 4.92 Å². The van der Waals surface area contributed by atoms with E-state index in [2.05, 4.69) is 5.32 Å². The fraction of sp³-hybridized carbons (Fsp3) is 0.182. The van der Waals surface area contributed by atoms with Gasteiger partial charge in [0.15, 0.2) is 11.5 Å². The van der Waals surface area contributed by atoms with Crippen molar-refractivity contribution < 1.29 is 29.5 Å². The lowest BCUT2D eigenvalue weighted by Crippen LogP contribution is -2.11. The number of nitro groups is 1. The molecule has 0 saturated carbocycles. The van der Waals surface area contributed by atoms with Crippen LogP contribution < -0.4 is 10.1 Å². The number of benzene rings is 2. The molecule has 1 heterocycles. The first-order chi connectivity index (χ1) is 15.2. The molecule has 0 atom stereocenters. The van der Waals surface area contributed by atoms with Crippen molar-refractivity contribution in [1.29, 1.82) is 0 Å². The largest absolute Gasteiger partial charge is 0.480 e. The first-order valence-electron chi connectivity index (χ1n) is 9.47. The molecule has 9 nitrogen and oxygen atoms in total. The minimum atomic E-state index is -1.20. The number of hydrogen-bond donors (Lipinski definition) is 3. The summed E-state index contributed by atoms with van der Waals surface area (Å²) in [5.41, 5.74) is 3.40. The number of thiophene rings is 1. The van der Waals surface area contributed by atoms with Gasteiger partial charge in [-0.2, -0.15) is 0 Å². The van der Waals surface area contributed by atoms with Gasteiger partial charge in [0, 0.05) is 34.3 Å². The van der Waals surface area contributed by atoms with Crippen LogP contribution in [0.1, 0.15) is 26.4 Å². The van der Waals surface area contributed by atoms with Crippen molar-refractivity contribution in [3.8, 4) is 16.2 Å². The summed E-state index contributed by atoms with van der Waals surface area (Å²) in [6, 6.07) is 12.3. The summed E-state index contributed by atoms with van der Waals surface area (Å²) >= 11 is 1.02. The number of carbonyl (C=O) groups is 2. The van der Waals surface area contributed by atoms with Crippen molar-refractivity contribution >= 4 is 34.7 Å². The zero-order valence-corrected chi connectivity index (χ0v) is 18.1. The molecule has 1 aromatic heterocycles. The summed E-state index contributed by atoms with van der Waals surface area (Å²) in [5, 5.41) is 32.6. The van der Waals surface area contributed by atoms with Crippen molar-refractivity contribution in [3.63, 3.8) is 0 Å². The van der Waals surface area contributed by atoms with Crippen LogP contribution in [0, 0.1) is 24.0 Å². The van der Waals surface area contributed by atoms with E-state index in [1.54, 1.807) is 26.0 Å². The Balaban J connectivity index is 1.85. The molecule has 10 heteroatoms. The molecule has 0 bridgehead atoms. The van der Waals surface area contributed by atoms with Gasteiger partial charge in [-0.05, 0) is 37.1 Å². The number of aryl methyl sites for hydroxylation is 1. The lowest BCUT2D eigenvalue weighted by Gasteiger charge is -2.09. The van der Waals surface area contributed by atoms with Crippen LogP contribution in [-0.4, -0.2) is 33.7 Å². The molecule has 0 aliphatic carbocycles. The number of nitrogens with zero attached hydrogens (tertiary/aromatic N) is 1. The molecule has 0 fully saturated rings. The van der Waals surface area contributed by atoms with Gasteiger partial charge in [-0.3, -0.25) is 10.1 Å². The van der Waals surface area contributed by atoms with Crippen LogP contribution >= 0.6 is 11.3 Å². The Morgan fingerprint density at radius 3 is 2.56 bits per heavy atom. The molecular weight excluding hydrogens is 436 g/mol. The summed E-state index contributed by atoms with van der Waals surface area (Å²) in [6.45, 7) is 3.12. The van der Waals surface area contributed by atoms with E-state index in [4.69, 9.17) is 9.84 Å². The highest BCUT2D eigenvalue weighted by Gasteiger charge is 2.23. The fourth-order valence-corrected chi connectivity index (χ4v) is 4.25. The third-order valence-electron chi connectivity index (χ3n) is 4.72. The Kier molecular flexibility index (Phi) is 6.74. The van der Waals surface area contributed by atoms with Crippen LogP contribution in [0.5, 0.6) is 5.75 Å². The normalized spacial score (nSPS) is 10.6. The maximum absolute atomic E-state index is 11.6. The molecule has 2 aromatic carbocycles. The van der Waals surface area contributed by atoms with E-state index in [1.807, 2.05) is 24.3 Å². The third-order valence-corrected chi connectivity index (χ3v) is 6.03. The SMILES string of the molecule is Cc1ccc(NCc2cccc(-c3sc(C(=O)O)c(OCC(=O)O)c3C)c2)cc1[N+](=O)[O-]. The lowest BCUT2D eigenvalue weighted by atomic mass is 10.1. The number of carboxylic acid groups (broad SMARTS) is 2. The molecule has 3 N–H and O–H groups in total. The van der Waals surface area contributed by atoms with Crippen LogP contribution in [0.15, 0.2) is 42.5 Å². The number of carboxylic acids is 2. The van der Waals surface area contributed by atoms with Gasteiger partial charge in [-0.1, -0.05) is 24.3 Å². The molecule has 3 aromatic rings. The minimum Gasteiger partial charge on any atom is -0.480 e. The fourth-order valence-electron chi connectivity index (χ4n) is 3.16. The number of nitrogens with one attached hydrogen (secondary N) is 1. The van der Waals surface area contributed by atoms with E-state index >= 15 is 0 Å². The zero-order chi connectivity index (χ0) is 23.4. The highest BCUT2D eigenvalue weighted by atomic mass is 32.1. The molecular formula is C22H20N2O7S. The first-order valence-corrected chi connectivity index (χ1v) is 10.3. The van der Waals surface area contributed by atoms with Gasteiger partial charge < -0.3 is 20.3 Å². The lowest BCUT2D eigenvalue weighted by molar-refractivity contribution is -0.385. The molecule has 0 radical (unpaired) electrons. The van der Waals surface area contributed by atoms with Crippen molar-refractivity contribution in [2.75, 3.05) is 11.9 Å². The summed E-state index contributed by atoms with van der Waals surface area (Å²) in [4.78, 5) is 33.8. The second kappa shape index (κ2) is 9.48. The monoisotopic (exact) mass is 456 g/mol. The summed E-state index contributed by atoms with van der Waals surface area (Å²) in [7, 11) is 0. The number of aromatic carboxylic acids is 1. The highest BCUT2D eigenvalue weighted by molar-refractivity contribution is 7.18. The van der Waals surface area contributed by atoms with Crippen LogP contribution in [-0.2, 0) is 11.3 Å². The molecule has 0 aliphatic heterocycles. The second-order valence-corrected chi connectivity index (χ2v) is 8.03.